The van der Waals surface area contributed by atoms with Crippen molar-refractivity contribution in [2.75, 3.05) is 11.9 Å². The number of para-hydroxylation sites is 1. The highest BCUT2D eigenvalue weighted by atomic mass is 19.1. The molecule has 0 saturated heterocycles. The fourth-order valence-corrected chi connectivity index (χ4v) is 1.16. The SMILES string of the molecule is CC(C)=CC(=O)OCC(=O)Nc1ccccc1F. The summed E-state index contributed by atoms with van der Waals surface area (Å²) in [6.07, 6.45) is 1.27. The average molecular weight is 251 g/mol. The van der Waals surface area contributed by atoms with Crippen molar-refractivity contribution in [2.45, 2.75) is 13.8 Å². The number of hydrogen-bond acceptors (Lipinski definition) is 3. The molecule has 1 N–H and O–H groups in total. The van der Waals surface area contributed by atoms with Crippen molar-refractivity contribution in [1.29, 1.82) is 0 Å². The van der Waals surface area contributed by atoms with Gasteiger partial charge in [0.15, 0.2) is 6.61 Å². The first-order valence-electron chi connectivity index (χ1n) is 5.35. The number of allylic oxidation sites excluding steroid dienone is 1. The molecule has 0 aliphatic rings. The molecule has 18 heavy (non-hydrogen) atoms. The molecule has 4 nitrogen and oxygen atoms in total. The van der Waals surface area contributed by atoms with Gasteiger partial charge >= 0.3 is 5.97 Å². The van der Waals surface area contributed by atoms with Gasteiger partial charge in [-0.15, -0.1) is 0 Å². The number of hydrogen-bond donors (Lipinski definition) is 1. The molecule has 1 aromatic rings. The molecule has 0 aliphatic carbocycles. The molecular weight excluding hydrogens is 237 g/mol. The van der Waals surface area contributed by atoms with Crippen LogP contribution in [-0.2, 0) is 14.3 Å². The first kappa shape index (κ1) is 13.9. The highest BCUT2D eigenvalue weighted by Gasteiger charge is 2.08. The van der Waals surface area contributed by atoms with Gasteiger partial charge in [-0.2, -0.15) is 0 Å². The summed E-state index contributed by atoms with van der Waals surface area (Å²) in [6, 6.07) is 5.75. The Labute approximate surface area is 104 Å². The van der Waals surface area contributed by atoms with Crippen LogP contribution in [0.25, 0.3) is 0 Å². The Morgan fingerprint density at radius 1 is 1.33 bits per heavy atom. The maximum atomic E-state index is 13.2. The Balaban J connectivity index is 2.46. The van der Waals surface area contributed by atoms with E-state index in [4.69, 9.17) is 0 Å². The Morgan fingerprint density at radius 2 is 2.00 bits per heavy atom. The van der Waals surface area contributed by atoms with E-state index >= 15 is 0 Å². The van der Waals surface area contributed by atoms with Crippen molar-refractivity contribution in [1.82, 2.24) is 0 Å². The number of carbonyl (C=O) groups excluding carboxylic acids is 2. The molecule has 1 amide bonds. The number of benzene rings is 1. The second kappa shape index (κ2) is 6.54. The van der Waals surface area contributed by atoms with Gasteiger partial charge in [0.2, 0.25) is 0 Å². The molecule has 0 aromatic heterocycles. The smallest absolute Gasteiger partial charge is 0.331 e. The van der Waals surface area contributed by atoms with E-state index in [1.165, 1.54) is 24.3 Å². The third kappa shape index (κ3) is 4.78. The minimum Gasteiger partial charge on any atom is -0.452 e. The highest BCUT2D eigenvalue weighted by Crippen LogP contribution is 2.11. The molecule has 0 unspecified atom stereocenters. The summed E-state index contributed by atoms with van der Waals surface area (Å²) in [5, 5.41) is 2.31. The zero-order valence-corrected chi connectivity index (χ0v) is 10.2. The van der Waals surface area contributed by atoms with E-state index in [1.54, 1.807) is 19.9 Å². The van der Waals surface area contributed by atoms with E-state index in [2.05, 4.69) is 10.1 Å². The van der Waals surface area contributed by atoms with Crippen LogP contribution in [0.3, 0.4) is 0 Å². The van der Waals surface area contributed by atoms with Crippen molar-refractivity contribution in [2.24, 2.45) is 0 Å². The molecule has 5 heteroatoms. The molecule has 0 heterocycles. The number of rotatable bonds is 4. The fraction of sp³-hybridized carbons (Fsp3) is 0.231. The Kier molecular flexibility index (Phi) is 5.05. The van der Waals surface area contributed by atoms with Crippen LogP contribution in [0.4, 0.5) is 10.1 Å². The van der Waals surface area contributed by atoms with E-state index in [9.17, 15) is 14.0 Å². The molecule has 96 valence electrons. The molecule has 0 fully saturated rings. The van der Waals surface area contributed by atoms with Gasteiger partial charge in [0.1, 0.15) is 5.82 Å². The predicted octanol–water partition coefficient (Wildman–Crippen LogP) is 2.27. The summed E-state index contributed by atoms with van der Waals surface area (Å²) in [7, 11) is 0. The molecular formula is C13H14FNO3. The van der Waals surface area contributed by atoms with Gasteiger partial charge in [0.25, 0.3) is 5.91 Å². The van der Waals surface area contributed by atoms with Crippen LogP contribution in [0.2, 0.25) is 0 Å². The maximum Gasteiger partial charge on any atom is 0.331 e. The highest BCUT2D eigenvalue weighted by molar-refractivity contribution is 5.93. The van der Waals surface area contributed by atoms with Crippen LogP contribution in [0.15, 0.2) is 35.9 Å². The van der Waals surface area contributed by atoms with Crippen LogP contribution in [-0.4, -0.2) is 18.5 Å². The second-order valence-corrected chi connectivity index (χ2v) is 3.86. The van der Waals surface area contributed by atoms with Gasteiger partial charge in [0.05, 0.1) is 5.69 Å². The zero-order chi connectivity index (χ0) is 13.5. The van der Waals surface area contributed by atoms with E-state index < -0.39 is 24.3 Å². The second-order valence-electron chi connectivity index (χ2n) is 3.86. The average Bonchev–Trinajstić information content (AvgIpc) is 2.29. The number of anilines is 1. The number of amides is 1. The molecule has 0 bridgehead atoms. The van der Waals surface area contributed by atoms with Crippen molar-refractivity contribution in [3.63, 3.8) is 0 Å². The van der Waals surface area contributed by atoms with E-state index in [0.717, 1.165) is 5.57 Å². The molecule has 1 aromatic carbocycles. The Bertz CT molecular complexity index is 479. The first-order chi connectivity index (χ1) is 8.49. The molecule has 0 atom stereocenters. The monoisotopic (exact) mass is 251 g/mol. The fourth-order valence-electron chi connectivity index (χ4n) is 1.16. The van der Waals surface area contributed by atoms with Crippen LogP contribution in [0.1, 0.15) is 13.8 Å². The lowest BCUT2D eigenvalue weighted by molar-refractivity contribution is -0.142. The molecule has 1 rings (SSSR count). The summed E-state index contributed by atoms with van der Waals surface area (Å²) in [5.41, 5.74) is 0.829. The van der Waals surface area contributed by atoms with Crippen molar-refractivity contribution in [3.05, 3.63) is 41.7 Å². The van der Waals surface area contributed by atoms with Crippen LogP contribution >= 0.6 is 0 Å². The molecule has 0 spiro atoms. The van der Waals surface area contributed by atoms with Gasteiger partial charge in [-0.05, 0) is 26.0 Å². The predicted molar refractivity (Wildman–Crippen MR) is 65.4 cm³/mol. The number of esters is 1. The normalized spacial score (nSPS) is 9.50. The van der Waals surface area contributed by atoms with Gasteiger partial charge in [0, 0.05) is 6.08 Å². The Morgan fingerprint density at radius 3 is 2.61 bits per heavy atom. The van der Waals surface area contributed by atoms with E-state index in [1.807, 2.05) is 0 Å². The lowest BCUT2D eigenvalue weighted by atomic mass is 10.3. The standard InChI is InChI=1S/C13H14FNO3/c1-9(2)7-13(17)18-8-12(16)15-11-6-4-3-5-10(11)14/h3-7H,8H2,1-2H3,(H,15,16). The number of ether oxygens (including phenoxy) is 1. The summed E-state index contributed by atoms with van der Waals surface area (Å²) >= 11 is 0. The molecule has 0 radical (unpaired) electrons. The first-order valence-corrected chi connectivity index (χ1v) is 5.35. The summed E-state index contributed by atoms with van der Waals surface area (Å²) in [5.74, 6) is -1.73. The third-order valence-electron chi connectivity index (χ3n) is 1.90. The van der Waals surface area contributed by atoms with Gasteiger partial charge in [-0.3, -0.25) is 4.79 Å². The van der Waals surface area contributed by atoms with Crippen molar-refractivity contribution in [3.8, 4) is 0 Å². The largest absolute Gasteiger partial charge is 0.452 e. The van der Waals surface area contributed by atoms with Crippen LogP contribution in [0, 0.1) is 5.82 Å². The maximum absolute atomic E-state index is 13.2. The summed E-state index contributed by atoms with van der Waals surface area (Å²) < 4.78 is 17.9. The quantitative estimate of drug-likeness (QED) is 0.659. The van der Waals surface area contributed by atoms with Crippen LogP contribution < -0.4 is 5.32 Å². The summed E-state index contributed by atoms with van der Waals surface area (Å²) in [6.45, 7) is 3.03. The van der Waals surface area contributed by atoms with Gasteiger partial charge < -0.3 is 10.1 Å². The lowest BCUT2D eigenvalue weighted by Gasteiger charge is -2.06. The van der Waals surface area contributed by atoms with E-state index in [0.29, 0.717) is 0 Å². The minimum atomic E-state index is -0.598. The lowest BCUT2D eigenvalue weighted by Crippen LogP contribution is -2.20. The van der Waals surface area contributed by atoms with Gasteiger partial charge in [-0.25, -0.2) is 9.18 Å². The third-order valence-corrected chi connectivity index (χ3v) is 1.90. The van der Waals surface area contributed by atoms with E-state index in [-0.39, 0.29) is 5.69 Å². The topological polar surface area (TPSA) is 55.4 Å². The minimum absolute atomic E-state index is 0.0563. The van der Waals surface area contributed by atoms with Crippen molar-refractivity contribution >= 4 is 17.6 Å². The Hall–Kier alpha value is -2.17. The summed E-state index contributed by atoms with van der Waals surface area (Å²) in [4.78, 5) is 22.5. The molecule has 0 aliphatic heterocycles. The number of nitrogens with one attached hydrogen (secondary N) is 1. The zero-order valence-electron chi connectivity index (χ0n) is 10.2. The molecule has 0 saturated carbocycles. The van der Waals surface area contributed by atoms with Gasteiger partial charge in [-0.1, -0.05) is 17.7 Å². The number of halogens is 1. The number of carbonyl (C=O) groups is 2. The van der Waals surface area contributed by atoms with Crippen molar-refractivity contribution < 1.29 is 18.7 Å². The van der Waals surface area contributed by atoms with Crippen LogP contribution in [0.5, 0.6) is 0 Å².